The van der Waals surface area contributed by atoms with E-state index in [-0.39, 0.29) is 29.2 Å². The average molecular weight is 649 g/mol. The van der Waals surface area contributed by atoms with Gasteiger partial charge in [-0.2, -0.15) is 13.2 Å². The maximum atomic E-state index is 14.5. The van der Waals surface area contributed by atoms with Gasteiger partial charge < -0.3 is 29.5 Å². The first-order valence-electron chi connectivity index (χ1n) is 16.1. The molecule has 1 aliphatic carbocycles. The number of alkyl halides is 3. The molecular weight excluding hydrogens is 601 g/mol. The highest BCUT2D eigenvalue weighted by atomic mass is 28.4. The molecule has 1 aromatic carbocycles. The van der Waals surface area contributed by atoms with Crippen LogP contribution in [-0.2, 0) is 9.22 Å². The molecule has 0 bridgehead atoms. The van der Waals surface area contributed by atoms with Crippen molar-refractivity contribution >= 4 is 36.7 Å². The first-order chi connectivity index (χ1) is 21.1. The second kappa shape index (κ2) is 12.8. The van der Waals surface area contributed by atoms with Gasteiger partial charge >= 0.3 is 6.18 Å². The fourth-order valence-corrected chi connectivity index (χ4v) is 7.45. The fourth-order valence-electron chi connectivity index (χ4n) is 6.37. The van der Waals surface area contributed by atoms with Crippen molar-refractivity contribution in [2.75, 3.05) is 36.1 Å². The van der Waals surface area contributed by atoms with Crippen LogP contribution in [0.4, 0.5) is 24.5 Å². The quantitative estimate of drug-likeness (QED) is 0.297. The average Bonchev–Trinajstić information content (AvgIpc) is 3.41. The Labute approximate surface area is 264 Å². The zero-order valence-corrected chi connectivity index (χ0v) is 28.0. The Balaban J connectivity index is 1.49. The Kier molecular flexibility index (Phi) is 9.50. The van der Waals surface area contributed by atoms with E-state index in [9.17, 15) is 23.1 Å². The molecule has 12 heteroatoms. The molecule has 3 heterocycles. The van der Waals surface area contributed by atoms with Gasteiger partial charge in [-0.1, -0.05) is 32.9 Å². The molecule has 1 amide bonds. The number of allylic oxidation sites excluding steroid dienone is 3. The summed E-state index contributed by atoms with van der Waals surface area (Å²) in [7, 11) is -1.91. The number of fused-ring (bicyclic) bond motifs is 1. The first kappa shape index (κ1) is 33.5. The molecule has 1 unspecified atom stereocenters. The number of rotatable bonds is 8. The molecule has 1 saturated heterocycles. The zero-order valence-electron chi connectivity index (χ0n) is 27.0. The van der Waals surface area contributed by atoms with Crippen molar-refractivity contribution in [1.82, 2.24) is 4.98 Å². The van der Waals surface area contributed by atoms with Gasteiger partial charge in [0.05, 0.1) is 11.4 Å². The number of hydrogen-bond donors (Lipinski definition) is 2. The van der Waals surface area contributed by atoms with Crippen LogP contribution in [0.15, 0.2) is 40.5 Å². The summed E-state index contributed by atoms with van der Waals surface area (Å²) in [6.07, 6.45) is 3.90. The smallest absolute Gasteiger partial charge is 0.431 e. The predicted molar refractivity (Wildman–Crippen MR) is 173 cm³/mol. The first-order valence-corrected chi connectivity index (χ1v) is 19.0. The van der Waals surface area contributed by atoms with E-state index in [1.807, 2.05) is 0 Å². The van der Waals surface area contributed by atoms with Crippen molar-refractivity contribution in [3.8, 4) is 0 Å². The molecule has 0 radical (unpaired) electrons. The number of oxazole rings is 1. The van der Waals surface area contributed by atoms with Crippen LogP contribution in [-0.4, -0.2) is 62.8 Å². The van der Waals surface area contributed by atoms with Gasteiger partial charge in [0.2, 0.25) is 5.91 Å². The minimum Gasteiger partial charge on any atom is -0.440 e. The van der Waals surface area contributed by atoms with Crippen molar-refractivity contribution in [1.29, 1.82) is 0 Å². The van der Waals surface area contributed by atoms with Gasteiger partial charge in [0.1, 0.15) is 17.3 Å². The van der Waals surface area contributed by atoms with E-state index in [1.54, 1.807) is 12.1 Å². The summed E-state index contributed by atoms with van der Waals surface area (Å²) in [5, 5.41) is 9.66. The minimum atomic E-state index is -4.73. The predicted octanol–water partition coefficient (Wildman–Crippen LogP) is 7.01. The molecular formula is C33H47F3N4O4Si. The molecule has 1 saturated carbocycles. The summed E-state index contributed by atoms with van der Waals surface area (Å²) in [6.45, 7) is 13.2. The Morgan fingerprint density at radius 1 is 1.07 bits per heavy atom. The van der Waals surface area contributed by atoms with Gasteiger partial charge in [-0.3, -0.25) is 4.79 Å². The summed E-state index contributed by atoms with van der Waals surface area (Å²) in [6, 6.07) is 2.06. The third-order valence-corrected chi connectivity index (χ3v) is 14.8. The van der Waals surface area contributed by atoms with Crippen molar-refractivity contribution in [2.45, 2.75) is 95.6 Å². The lowest BCUT2D eigenvalue weighted by Gasteiger charge is -2.41. The van der Waals surface area contributed by atoms with Gasteiger partial charge in [-0.05, 0) is 80.6 Å². The Morgan fingerprint density at radius 2 is 1.73 bits per heavy atom. The maximum Gasteiger partial charge on any atom is 0.431 e. The van der Waals surface area contributed by atoms with E-state index in [0.29, 0.717) is 48.3 Å². The number of hydrogen-bond acceptors (Lipinski definition) is 7. The van der Waals surface area contributed by atoms with Gasteiger partial charge in [0.25, 0.3) is 0 Å². The van der Waals surface area contributed by atoms with Crippen LogP contribution in [0.2, 0.25) is 18.1 Å². The van der Waals surface area contributed by atoms with E-state index in [0.717, 1.165) is 49.5 Å². The van der Waals surface area contributed by atoms with Crippen LogP contribution in [0.25, 0.3) is 11.1 Å². The number of carbonyl (C=O) groups excluding carboxylic acids is 1. The third kappa shape index (κ3) is 7.12. The molecule has 0 spiro atoms. The lowest BCUT2D eigenvalue weighted by molar-refractivity contribution is -0.119. The summed E-state index contributed by atoms with van der Waals surface area (Å²) in [4.78, 5) is 20.4. The van der Waals surface area contributed by atoms with Crippen LogP contribution in [0, 0.1) is 11.8 Å². The van der Waals surface area contributed by atoms with E-state index in [2.05, 4.69) is 38.8 Å². The normalized spacial score (nSPS) is 23.9. The molecule has 2 aromatic rings. The highest BCUT2D eigenvalue weighted by molar-refractivity contribution is 6.74. The highest BCUT2D eigenvalue weighted by Crippen LogP contribution is 2.45. The number of nitrogens with zero attached hydrogens (tertiary/aromatic N) is 3. The largest absolute Gasteiger partial charge is 0.440 e. The number of piperidine rings is 1. The van der Waals surface area contributed by atoms with E-state index >= 15 is 0 Å². The molecule has 8 nitrogen and oxygen atoms in total. The SMILES string of the molecule is CC(C)(C)[Si](C)(C)OCC1CCN(c2cc3nc(C4CCC(CO)CC4)oc3cc2N2C(C(F)(F)F)=CC=CC2C(N)=O)CC1. The molecule has 5 rings (SSSR count). The molecule has 3 aliphatic rings. The summed E-state index contributed by atoms with van der Waals surface area (Å²) in [5.74, 6) is 0.363. The molecule has 2 fully saturated rings. The summed E-state index contributed by atoms with van der Waals surface area (Å²) < 4.78 is 56.1. The number of aromatic nitrogens is 1. The minimum absolute atomic E-state index is 0.0747. The molecule has 3 N–H and O–H groups in total. The fraction of sp³-hybridized carbons (Fsp3) is 0.636. The molecule has 1 aromatic heterocycles. The second-order valence-electron chi connectivity index (χ2n) is 14.4. The van der Waals surface area contributed by atoms with Crippen molar-refractivity contribution < 1.29 is 31.9 Å². The van der Waals surface area contributed by atoms with Gasteiger partial charge in [0.15, 0.2) is 19.8 Å². The lowest BCUT2D eigenvalue weighted by atomic mass is 9.82. The molecule has 248 valence electrons. The maximum absolute atomic E-state index is 14.5. The Bertz CT molecular complexity index is 1430. The van der Waals surface area contributed by atoms with Crippen molar-refractivity contribution in [3.05, 3.63) is 41.9 Å². The monoisotopic (exact) mass is 648 g/mol. The van der Waals surface area contributed by atoms with E-state index in [4.69, 9.17) is 19.6 Å². The van der Waals surface area contributed by atoms with Gasteiger partial charge in [-0.15, -0.1) is 0 Å². The van der Waals surface area contributed by atoms with E-state index < -0.39 is 32.1 Å². The number of anilines is 2. The van der Waals surface area contributed by atoms with Crippen LogP contribution in [0.1, 0.15) is 71.1 Å². The van der Waals surface area contributed by atoms with Gasteiger partial charge in [0, 0.05) is 38.3 Å². The standard InChI is InChI=1S/C33H47F3N4O4Si/c1-32(2,3)45(4,5)43-20-22-13-15-39(16-14-22)26-17-24-28(44-31(38-24)23-11-9-21(19-41)10-12-23)18-27(26)40-25(30(37)42)7-6-8-29(40)33(34,35)36/h6-8,17-18,21-23,25,41H,9-16,19-20H2,1-5H3,(H2,37,42). The summed E-state index contributed by atoms with van der Waals surface area (Å²) >= 11 is 0. The van der Waals surface area contributed by atoms with Crippen LogP contribution in [0.5, 0.6) is 0 Å². The van der Waals surface area contributed by atoms with Crippen LogP contribution >= 0.6 is 0 Å². The Hall–Kier alpha value is -2.83. The van der Waals surface area contributed by atoms with Crippen molar-refractivity contribution in [3.63, 3.8) is 0 Å². The number of aliphatic hydroxyl groups is 1. The summed E-state index contributed by atoms with van der Waals surface area (Å²) in [5.41, 5.74) is 6.42. The van der Waals surface area contributed by atoms with Crippen molar-refractivity contribution in [2.24, 2.45) is 17.6 Å². The lowest BCUT2D eigenvalue weighted by Crippen LogP contribution is -2.48. The number of primary amides is 1. The Morgan fingerprint density at radius 3 is 2.31 bits per heavy atom. The third-order valence-electron chi connectivity index (χ3n) is 10.3. The number of carbonyl (C=O) groups is 1. The molecule has 1 atom stereocenters. The number of benzene rings is 1. The van der Waals surface area contributed by atoms with Gasteiger partial charge in [-0.25, -0.2) is 4.98 Å². The molecule has 2 aliphatic heterocycles. The topological polar surface area (TPSA) is 105 Å². The number of amides is 1. The zero-order chi connectivity index (χ0) is 32.7. The highest BCUT2D eigenvalue weighted by Gasteiger charge is 2.44. The van der Waals surface area contributed by atoms with Crippen LogP contribution in [0.3, 0.4) is 0 Å². The number of aliphatic hydroxyl groups excluding tert-OH is 1. The van der Waals surface area contributed by atoms with Crippen LogP contribution < -0.4 is 15.5 Å². The van der Waals surface area contributed by atoms with E-state index in [1.165, 1.54) is 12.2 Å². The number of nitrogens with two attached hydrogens (primary N) is 1. The second-order valence-corrected chi connectivity index (χ2v) is 19.2. The molecule has 45 heavy (non-hydrogen) atoms. The number of halogens is 3.